The summed E-state index contributed by atoms with van der Waals surface area (Å²) in [7, 11) is 0. The van der Waals surface area contributed by atoms with Crippen LogP contribution in [0.3, 0.4) is 0 Å². The maximum absolute atomic E-state index is 9.99. The van der Waals surface area contributed by atoms with E-state index in [2.05, 4.69) is 0 Å². The molecular formula is C5H12N2O. The number of hydrogen-bond donors (Lipinski definition) is 2. The van der Waals surface area contributed by atoms with E-state index in [4.69, 9.17) is 11.5 Å². The molecule has 0 fully saturated rings. The van der Waals surface area contributed by atoms with Gasteiger partial charge in [0.15, 0.2) is 0 Å². The molecule has 4 N–H and O–H groups in total. The normalized spacial score (nSPS) is 15.5. The van der Waals surface area contributed by atoms with Crippen molar-refractivity contribution in [2.75, 3.05) is 0 Å². The van der Waals surface area contributed by atoms with Gasteiger partial charge in [-0.3, -0.25) is 0 Å². The van der Waals surface area contributed by atoms with Crippen LogP contribution in [0.4, 0.5) is 0 Å². The molecule has 0 aromatic heterocycles. The third-order valence-electron chi connectivity index (χ3n) is 1.19. The van der Waals surface area contributed by atoms with Crippen molar-refractivity contribution in [3.8, 4) is 0 Å². The molecule has 0 amide bonds. The zero-order chi connectivity index (χ0) is 6.78. The van der Waals surface area contributed by atoms with Crippen LogP contribution in [0, 0.1) is 5.92 Å². The highest BCUT2D eigenvalue weighted by molar-refractivity contribution is 5.54. The Kier molecular flexibility index (Phi) is 2.12. The molecular weight excluding hydrogens is 104 g/mol. The summed E-state index contributed by atoms with van der Waals surface area (Å²) >= 11 is 0. The smallest absolute Gasteiger partial charge is 0.125 e. The van der Waals surface area contributed by atoms with Crippen molar-refractivity contribution < 1.29 is 4.79 Å². The third-order valence-corrected chi connectivity index (χ3v) is 1.19. The van der Waals surface area contributed by atoms with Crippen LogP contribution in [0.5, 0.6) is 0 Å². The quantitative estimate of drug-likeness (QED) is 0.376. The molecule has 0 rings (SSSR count). The zero-order valence-corrected chi connectivity index (χ0v) is 5.22. The van der Waals surface area contributed by atoms with Crippen LogP contribution in [-0.4, -0.2) is 11.9 Å². The minimum atomic E-state index is -0.859. The average molecular weight is 116 g/mol. The largest absolute Gasteiger partial charge is 0.313 e. The van der Waals surface area contributed by atoms with E-state index < -0.39 is 5.66 Å². The highest BCUT2D eigenvalue weighted by Gasteiger charge is 2.19. The Labute approximate surface area is 49.0 Å². The van der Waals surface area contributed by atoms with Crippen LogP contribution < -0.4 is 11.5 Å². The van der Waals surface area contributed by atoms with Crippen LogP contribution in [0.1, 0.15) is 13.8 Å². The number of rotatable bonds is 2. The summed E-state index contributed by atoms with van der Waals surface area (Å²) in [6.45, 7) is 3.30. The van der Waals surface area contributed by atoms with Gasteiger partial charge in [-0.1, -0.05) is 6.92 Å². The van der Waals surface area contributed by atoms with Crippen molar-refractivity contribution in [3.05, 3.63) is 0 Å². The molecule has 0 spiro atoms. The number of nitrogens with two attached hydrogens (primary N) is 2. The van der Waals surface area contributed by atoms with Crippen molar-refractivity contribution >= 4 is 6.29 Å². The van der Waals surface area contributed by atoms with Crippen molar-refractivity contribution in [1.29, 1.82) is 0 Å². The van der Waals surface area contributed by atoms with E-state index in [1.807, 2.05) is 0 Å². The molecule has 0 aliphatic heterocycles. The summed E-state index contributed by atoms with van der Waals surface area (Å²) < 4.78 is 0. The lowest BCUT2D eigenvalue weighted by Gasteiger charge is -2.21. The second-order valence-electron chi connectivity index (χ2n) is 2.29. The van der Waals surface area contributed by atoms with E-state index in [0.29, 0.717) is 0 Å². The Bertz CT molecular complexity index is 84.9. The van der Waals surface area contributed by atoms with Crippen molar-refractivity contribution in [1.82, 2.24) is 0 Å². The molecule has 0 aliphatic rings. The number of carbonyl (C=O) groups excluding carboxylic acids is 1. The summed E-state index contributed by atoms with van der Waals surface area (Å²) in [6, 6.07) is 0. The lowest BCUT2D eigenvalue weighted by atomic mass is 10.0. The Morgan fingerprint density at radius 3 is 2.00 bits per heavy atom. The van der Waals surface area contributed by atoms with Gasteiger partial charge >= 0.3 is 0 Å². The molecule has 1 unspecified atom stereocenters. The first-order valence-corrected chi connectivity index (χ1v) is 2.51. The maximum atomic E-state index is 9.99. The Morgan fingerprint density at radius 1 is 1.62 bits per heavy atom. The van der Waals surface area contributed by atoms with Gasteiger partial charge in [0.1, 0.15) is 6.29 Å². The van der Waals surface area contributed by atoms with Gasteiger partial charge in [-0.2, -0.15) is 0 Å². The number of aldehydes is 1. The van der Waals surface area contributed by atoms with Crippen molar-refractivity contribution in [3.63, 3.8) is 0 Å². The molecule has 0 bridgehead atoms. The molecule has 8 heavy (non-hydrogen) atoms. The fourth-order valence-electron chi connectivity index (χ4n) is 0.147. The molecule has 0 aromatic carbocycles. The number of hydrogen-bond acceptors (Lipinski definition) is 3. The Hall–Kier alpha value is -0.410. The van der Waals surface area contributed by atoms with E-state index >= 15 is 0 Å². The SMILES string of the molecule is CC(C=O)C(C)(N)N. The van der Waals surface area contributed by atoms with E-state index in [0.717, 1.165) is 6.29 Å². The van der Waals surface area contributed by atoms with Gasteiger partial charge in [-0.25, -0.2) is 0 Å². The summed E-state index contributed by atoms with van der Waals surface area (Å²) in [4.78, 5) is 9.99. The predicted octanol–water partition coefficient (Wildman–Crippen LogP) is -0.545. The van der Waals surface area contributed by atoms with Gasteiger partial charge in [-0.15, -0.1) is 0 Å². The monoisotopic (exact) mass is 116 g/mol. The van der Waals surface area contributed by atoms with Crippen LogP contribution in [0.2, 0.25) is 0 Å². The first-order valence-electron chi connectivity index (χ1n) is 2.51. The molecule has 48 valence electrons. The Morgan fingerprint density at radius 2 is 2.00 bits per heavy atom. The van der Waals surface area contributed by atoms with Crippen LogP contribution in [-0.2, 0) is 4.79 Å². The van der Waals surface area contributed by atoms with Gasteiger partial charge in [0.05, 0.1) is 5.66 Å². The van der Waals surface area contributed by atoms with E-state index in [1.54, 1.807) is 13.8 Å². The molecule has 0 aliphatic carbocycles. The third kappa shape index (κ3) is 2.04. The molecule has 0 saturated heterocycles. The fraction of sp³-hybridized carbons (Fsp3) is 0.800. The van der Waals surface area contributed by atoms with E-state index in [-0.39, 0.29) is 5.92 Å². The molecule has 0 radical (unpaired) electrons. The summed E-state index contributed by atoms with van der Waals surface area (Å²) in [5.41, 5.74) is 9.81. The van der Waals surface area contributed by atoms with E-state index in [1.165, 1.54) is 0 Å². The average Bonchev–Trinajstić information content (AvgIpc) is 1.62. The van der Waals surface area contributed by atoms with E-state index in [9.17, 15) is 4.79 Å². The van der Waals surface area contributed by atoms with Crippen LogP contribution >= 0.6 is 0 Å². The first-order chi connectivity index (χ1) is 3.48. The first kappa shape index (κ1) is 7.59. The highest BCUT2D eigenvalue weighted by Crippen LogP contribution is 2.01. The molecule has 3 nitrogen and oxygen atoms in total. The summed E-state index contributed by atoms with van der Waals surface area (Å²) in [6.07, 6.45) is 0.750. The van der Waals surface area contributed by atoms with Gasteiger partial charge in [0.25, 0.3) is 0 Å². The van der Waals surface area contributed by atoms with Gasteiger partial charge in [-0.05, 0) is 6.92 Å². The predicted molar refractivity (Wildman–Crippen MR) is 32.0 cm³/mol. The fourth-order valence-corrected chi connectivity index (χ4v) is 0.147. The van der Waals surface area contributed by atoms with Gasteiger partial charge < -0.3 is 16.3 Å². The maximum Gasteiger partial charge on any atom is 0.125 e. The molecule has 0 aromatic rings. The minimum Gasteiger partial charge on any atom is -0.313 e. The second kappa shape index (κ2) is 2.24. The lowest BCUT2D eigenvalue weighted by molar-refractivity contribution is -0.112. The highest BCUT2D eigenvalue weighted by atomic mass is 16.1. The lowest BCUT2D eigenvalue weighted by Crippen LogP contribution is -2.52. The van der Waals surface area contributed by atoms with Gasteiger partial charge in [0, 0.05) is 5.92 Å². The van der Waals surface area contributed by atoms with Crippen LogP contribution in [0.25, 0.3) is 0 Å². The van der Waals surface area contributed by atoms with Crippen molar-refractivity contribution in [2.45, 2.75) is 19.5 Å². The zero-order valence-electron chi connectivity index (χ0n) is 5.22. The number of carbonyl (C=O) groups is 1. The topological polar surface area (TPSA) is 69.1 Å². The minimum absolute atomic E-state index is 0.275. The Balaban J connectivity index is 3.80. The molecule has 1 atom stereocenters. The molecule has 0 heterocycles. The molecule has 0 saturated carbocycles. The molecule has 3 heteroatoms. The summed E-state index contributed by atoms with van der Waals surface area (Å²) in [5, 5.41) is 0. The standard InChI is InChI=1S/C5H12N2O/c1-4(3-8)5(2,6)7/h3-4H,6-7H2,1-2H3. The second-order valence-corrected chi connectivity index (χ2v) is 2.29. The van der Waals surface area contributed by atoms with Crippen LogP contribution in [0.15, 0.2) is 0 Å². The summed E-state index contributed by atoms with van der Waals surface area (Å²) in [5.74, 6) is -0.275. The van der Waals surface area contributed by atoms with Crippen molar-refractivity contribution in [2.24, 2.45) is 17.4 Å². The van der Waals surface area contributed by atoms with Gasteiger partial charge in [0.2, 0.25) is 0 Å².